The van der Waals surface area contributed by atoms with Gasteiger partial charge in [-0.2, -0.15) is 5.10 Å². The number of nitrogens with one attached hydrogen (secondary N) is 1. The van der Waals surface area contributed by atoms with Gasteiger partial charge in [0.15, 0.2) is 0 Å². The van der Waals surface area contributed by atoms with Gasteiger partial charge in [0.1, 0.15) is 5.82 Å². The Morgan fingerprint density at radius 3 is 2.88 bits per heavy atom. The molecule has 0 atom stereocenters. The molecule has 1 aliphatic heterocycles. The number of benzene rings is 1. The van der Waals surface area contributed by atoms with E-state index in [9.17, 15) is 4.79 Å². The summed E-state index contributed by atoms with van der Waals surface area (Å²) in [7, 11) is 0. The molecule has 5 nitrogen and oxygen atoms in total. The summed E-state index contributed by atoms with van der Waals surface area (Å²) in [4.78, 5) is 17.5. The summed E-state index contributed by atoms with van der Waals surface area (Å²) in [6.07, 6.45) is 4.69. The van der Waals surface area contributed by atoms with Gasteiger partial charge in [-0.25, -0.2) is 4.98 Å². The molecule has 0 spiro atoms. The minimum atomic E-state index is -0.0362. The van der Waals surface area contributed by atoms with Gasteiger partial charge in [-0.15, -0.1) is 0 Å². The first-order valence-corrected chi connectivity index (χ1v) is 8.67. The van der Waals surface area contributed by atoms with Crippen molar-refractivity contribution in [1.29, 1.82) is 0 Å². The summed E-state index contributed by atoms with van der Waals surface area (Å²) >= 11 is 6.07. The number of allylic oxidation sites excluding steroid dienone is 1. The lowest BCUT2D eigenvalue weighted by Gasteiger charge is -2.17. The highest BCUT2D eigenvalue weighted by Crippen LogP contribution is 2.31. The Balaban J connectivity index is 1.89. The number of aromatic amines is 1. The van der Waals surface area contributed by atoms with Crippen LogP contribution >= 0.6 is 11.6 Å². The Bertz CT molecular complexity index is 1070. The third kappa shape index (κ3) is 2.68. The third-order valence-corrected chi connectivity index (χ3v) is 4.79. The van der Waals surface area contributed by atoms with E-state index in [1.165, 1.54) is 0 Å². The molecule has 3 aromatic rings. The number of aromatic nitrogens is 4. The van der Waals surface area contributed by atoms with Gasteiger partial charge in [0.05, 0.1) is 17.1 Å². The number of nitrogens with zero attached hydrogens (tertiary/aromatic N) is 3. The Hall–Kier alpha value is -2.40. The molecular formula is C19H19ClN4O. The van der Waals surface area contributed by atoms with E-state index in [0.717, 1.165) is 29.1 Å². The number of hydrogen-bond acceptors (Lipinski definition) is 3. The number of H-pyrrole nitrogens is 1. The summed E-state index contributed by atoms with van der Waals surface area (Å²) in [6.45, 7) is 7.07. The number of rotatable bonds is 1. The van der Waals surface area contributed by atoms with E-state index in [4.69, 9.17) is 16.6 Å². The van der Waals surface area contributed by atoms with Crippen LogP contribution < -0.4 is 5.56 Å². The van der Waals surface area contributed by atoms with E-state index >= 15 is 0 Å². The van der Waals surface area contributed by atoms with Crippen LogP contribution in [0.15, 0.2) is 29.2 Å². The van der Waals surface area contributed by atoms with Crippen molar-refractivity contribution < 1.29 is 0 Å². The van der Waals surface area contributed by atoms with Crippen LogP contribution in [0.1, 0.15) is 44.3 Å². The highest BCUT2D eigenvalue weighted by Gasteiger charge is 2.23. The van der Waals surface area contributed by atoms with Crippen molar-refractivity contribution in [1.82, 2.24) is 19.7 Å². The minimum absolute atomic E-state index is 0.0108. The molecule has 2 aromatic heterocycles. The van der Waals surface area contributed by atoms with Crippen molar-refractivity contribution in [2.45, 2.75) is 39.2 Å². The highest BCUT2D eigenvalue weighted by molar-refractivity contribution is 6.31. The Labute approximate surface area is 150 Å². The van der Waals surface area contributed by atoms with Gasteiger partial charge in [0.2, 0.25) is 0 Å². The van der Waals surface area contributed by atoms with Gasteiger partial charge in [-0.3, -0.25) is 14.5 Å². The zero-order valence-electron chi connectivity index (χ0n) is 14.4. The van der Waals surface area contributed by atoms with Gasteiger partial charge in [0, 0.05) is 28.2 Å². The zero-order valence-corrected chi connectivity index (χ0v) is 15.2. The second-order valence-corrected chi connectivity index (χ2v) is 7.86. The first kappa shape index (κ1) is 16.1. The molecule has 3 heterocycles. The summed E-state index contributed by atoms with van der Waals surface area (Å²) in [5.74, 6) is 0.723. The number of fused-ring (bicyclic) bond motifs is 2. The molecule has 1 aromatic carbocycles. The predicted octanol–water partition coefficient (Wildman–Crippen LogP) is 4.01. The molecule has 0 saturated carbocycles. The molecule has 6 heteroatoms. The summed E-state index contributed by atoms with van der Waals surface area (Å²) in [5, 5.41) is 8.47. The van der Waals surface area contributed by atoms with Crippen molar-refractivity contribution in [2.24, 2.45) is 0 Å². The lowest BCUT2D eigenvalue weighted by atomic mass is 9.89. The zero-order chi connectivity index (χ0) is 17.8. The Morgan fingerprint density at radius 2 is 2.12 bits per heavy atom. The lowest BCUT2D eigenvalue weighted by Crippen LogP contribution is -2.20. The summed E-state index contributed by atoms with van der Waals surface area (Å²) in [6, 6.07) is 5.22. The maximum atomic E-state index is 12.7. The SMILES string of the molecule is CC(C)(C)c1[nH]ncc1/C=C1/CCn2c1nc1cc(Cl)ccc1c2=O. The lowest BCUT2D eigenvalue weighted by molar-refractivity contribution is 0.566. The molecule has 0 amide bonds. The van der Waals surface area contributed by atoms with Gasteiger partial charge >= 0.3 is 0 Å². The fourth-order valence-electron chi connectivity index (χ4n) is 3.32. The molecule has 1 aliphatic rings. The topological polar surface area (TPSA) is 63.6 Å². The Kier molecular flexibility index (Phi) is 3.58. The summed E-state index contributed by atoms with van der Waals surface area (Å²) in [5.41, 5.74) is 3.75. The molecule has 0 saturated heterocycles. The molecule has 25 heavy (non-hydrogen) atoms. The molecule has 0 bridgehead atoms. The largest absolute Gasteiger partial charge is 0.292 e. The number of hydrogen-bond donors (Lipinski definition) is 1. The van der Waals surface area contributed by atoms with Gasteiger partial charge in [-0.05, 0) is 36.3 Å². The molecule has 0 unspecified atom stereocenters. The molecule has 0 aliphatic carbocycles. The minimum Gasteiger partial charge on any atom is -0.292 e. The van der Waals surface area contributed by atoms with Crippen LogP contribution in [0.5, 0.6) is 0 Å². The van der Waals surface area contributed by atoms with Crippen molar-refractivity contribution in [3.63, 3.8) is 0 Å². The smallest absolute Gasteiger partial charge is 0.261 e. The van der Waals surface area contributed by atoms with E-state index in [1.54, 1.807) is 22.8 Å². The van der Waals surface area contributed by atoms with E-state index in [2.05, 4.69) is 37.0 Å². The molecule has 0 fully saturated rings. The van der Waals surface area contributed by atoms with Crippen LogP contribution in [0.2, 0.25) is 5.02 Å². The third-order valence-electron chi connectivity index (χ3n) is 4.56. The van der Waals surface area contributed by atoms with Crippen LogP contribution in [0, 0.1) is 0 Å². The van der Waals surface area contributed by atoms with Crippen molar-refractivity contribution in [3.05, 3.63) is 56.9 Å². The van der Waals surface area contributed by atoms with Crippen LogP contribution in [0.4, 0.5) is 0 Å². The van der Waals surface area contributed by atoms with Crippen LogP contribution in [-0.2, 0) is 12.0 Å². The van der Waals surface area contributed by atoms with Gasteiger partial charge in [-0.1, -0.05) is 32.4 Å². The van der Waals surface area contributed by atoms with Crippen molar-refractivity contribution in [3.8, 4) is 0 Å². The standard InChI is InChI=1S/C19H19ClN4O/c1-19(2,3)16-12(10-21-23-16)8-11-6-7-24-17(11)22-15-9-13(20)4-5-14(15)18(24)25/h4-5,8-10H,6-7H2,1-3H3,(H,21,23)/b11-8-. The van der Waals surface area contributed by atoms with Crippen LogP contribution in [0.25, 0.3) is 22.6 Å². The maximum absolute atomic E-state index is 12.7. The van der Waals surface area contributed by atoms with Gasteiger partial charge < -0.3 is 0 Å². The molecule has 128 valence electrons. The molecule has 0 radical (unpaired) electrons. The number of halogens is 1. The second kappa shape index (κ2) is 5.56. The van der Waals surface area contributed by atoms with E-state index in [1.807, 2.05) is 6.20 Å². The van der Waals surface area contributed by atoms with Crippen LogP contribution in [0.3, 0.4) is 0 Å². The Morgan fingerprint density at radius 1 is 1.32 bits per heavy atom. The highest BCUT2D eigenvalue weighted by atomic mass is 35.5. The molecule has 1 N–H and O–H groups in total. The quantitative estimate of drug-likeness (QED) is 0.718. The van der Waals surface area contributed by atoms with Crippen LogP contribution in [-0.4, -0.2) is 19.7 Å². The monoisotopic (exact) mass is 354 g/mol. The van der Waals surface area contributed by atoms with Crippen molar-refractivity contribution >= 4 is 34.2 Å². The van der Waals surface area contributed by atoms with E-state index in [0.29, 0.717) is 22.5 Å². The average molecular weight is 355 g/mol. The molecule has 4 rings (SSSR count). The first-order chi connectivity index (χ1) is 11.8. The van der Waals surface area contributed by atoms with Crippen molar-refractivity contribution in [2.75, 3.05) is 0 Å². The fraction of sp³-hybridized carbons (Fsp3) is 0.316. The fourth-order valence-corrected chi connectivity index (χ4v) is 3.49. The maximum Gasteiger partial charge on any atom is 0.261 e. The first-order valence-electron chi connectivity index (χ1n) is 8.29. The van der Waals surface area contributed by atoms with Gasteiger partial charge in [0.25, 0.3) is 5.56 Å². The second-order valence-electron chi connectivity index (χ2n) is 7.42. The summed E-state index contributed by atoms with van der Waals surface area (Å²) < 4.78 is 1.75. The molecular weight excluding hydrogens is 336 g/mol. The predicted molar refractivity (Wildman–Crippen MR) is 101 cm³/mol. The normalized spacial score (nSPS) is 15.9. The van der Waals surface area contributed by atoms with E-state index < -0.39 is 0 Å². The average Bonchev–Trinajstić information content (AvgIpc) is 3.15. The van der Waals surface area contributed by atoms with E-state index in [-0.39, 0.29) is 11.0 Å².